The van der Waals surface area contributed by atoms with E-state index in [1.54, 1.807) is 7.11 Å². The van der Waals surface area contributed by atoms with Gasteiger partial charge in [0.1, 0.15) is 5.75 Å². The Morgan fingerprint density at radius 2 is 1.94 bits per heavy atom. The van der Waals surface area contributed by atoms with Gasteiger partial charge in [-0.1, -0.05) is 45.4 Å². The molecule has 0 aliphatic carbocycles. The van der Waals surface area contributed by atoms with E-state index >= 15 is 0 Å². The summed E-state index contributed by atoms with van der Waals surface area (Å²) in [6.45, 7) is 8.57. The van der Waals surface area contributed by atoms with E-state index in [2.05, 4.69) is 33.8 Å². The Morgan fingerprint density at radius 3 is 2.39 bits per heavy atom. The largest absolute Gasteiger partial charge is 0.495 e. The summed E-state index contributed by atoms with van der Waals surface area (Å²) in [5, 5.41) is 0.670. The van der Waals surface area contributed by atoms with Crippen LogP contribution in [0.3, 0.4) is 0 Å². The first-order chi connectivity index (χ1) is 8.29. The summed E-state index contributed by atoms with van der Waals surface area (Å²) in [7, 11) is 1.66. The molecule has 0 aliphatic rings. The molecule has 2 nitrogen and oxygen atoms in total. The van der Waals surface area contributed by atoms with Crippen LogP contribution in [-0.4, -0.2) is 13.2 Å². The van der Waals surface area contributed by atoms with E-state index in [1.807, 2.05) is 6.07 Å². The molecule has 3 heteroatoms. The van der Waals surface area contributed by atoms with E-state index < -0.39 is 0 Å². The molecule has 0 bridgehead atoms. The average Bonchev–Trinajstić information content (AvgIpc) is 2.27. The number of benzene rings is 1. The lowest BCUT2D eigenvalue weighted by Crippen LogP contribution is -2.22. The van der Waals surface area contributed by atoms with E-state index in [4.69, 9.17) is 22.1 Å². The standard InChI is InChI=1S/C15H24ClNO/c1-6-11(17)7-10-8-12(15(2,3)4)14(18-5)13(16)9-10/h8-9,11H,6-7,17H2,1-5H3. The Kier molecular flexibility index (Phi) is 5.06. The minimum absolute atomic E-state index is 0.00129. The van der Waals surface area contributed by atoms with Crippen molar-refractivity contribution in [2.45, 2.75) is 52.0 Å². The Balaban J connectivity index is 3.22. The van der Waals surface area contributed by atoms with E-state index in [-0.39, 0.29) is 11.5 Å². The van der Waals surface area contributed by atoms with Gasteiger partial charge in [0.15, 0.2) is 0 Å². The summed E-state index contributed by atoms with van der Waals surface area (Å²) >= 11 is 6.30. The molecule has 1 aromatic carbocycles. The molecule has 1 atom stereocenters. The van der Waals surface area contributed by atoms with E-state index in [0.717, 1.165) is 24.2 Å². The van der Waals surface area contributed by atoms with Crippen LogP contribution >= 0.6 is 11.6 Å². The highest BCUT2D eigenvalue weighted by molar-refractivity contribution is 6.32. The van der Waals surface area contributed by atoms with Crippen molar-refractivity contribution in [3.8, 4) is 5.75 Å². The monoisotopic (exact) mass is 269 g/mol. The van der Waals surface area contributed by atoms with Gasteiger partial charge in [-0.05, 0) is 29.9 Å². The van der Waals surface area contributed by atoms with Crippen LogP contribution in [-0.2, 0) is 11.8 Å². The van der Waals surface area contributed by atoms with Crippen LogP contribution in [0.25, 0.3) is 0 Å². The molecule has 0 spiro atoms. The molecule has 2 N–H and O–H groups in total. The molecule has 1 rings (SSSR count). The number of nitrogens with two attached hydrogens (primary N) is 1. The molecule has 18 heavy (non-hydrogen) atoms. The topological polar surface area (TPSA) is 35.2 Å². The van der Waals surface area contributed by atoms with Crippen LogP contribution in [0.5, 0.6) is 5.75 Å². The number of methoxy groups -OCH3 is 1. The quantitative estimate of drug-likeness (QED) is 0.899. The summed E-state index contributed by atoms with van der Waals surface area (Å²) in [6.07, 6.45) is 1.82. The van der Waals surface area contributed by atoms with Crippen molar-refractivity contribution in [3.05, 3.63) is 28.3 Å². The summed E-state index contributed by atoms with van der Waals surface area (Å²) in [4.78, 5) is 0. The van der Waals surface area contributed by atoms with E-state index in [0.29, 0.717) is 5.02 Å². The minimum Gasteiger partial charge on any atom is -0.495 e. The molecule has 102 valence electrons. The number of hydrogen-bond acceptors (Lipinski definition) is 2. The zero-order valence-corrected chi connectivity index (χ0v) is 12.8. The maximum Gasteiger partial charge on any atom is 0.141 e. The first-order valence-corrected chi connectivity index (χ1v) is 6.79. The normalized spacial score (nSPS) is 13.5. The second-order valence-electron chi connectivity index (χ2n) is 5.78. The molecule has 0 saturated carbocycles. The van der Waals surface area contributed by atoms with Crippen molar-refractivity contribution in [2.24, 2.45) is 5.73 Å². The highest BCUT2D eigenvalue weighted by atomic mass is 35.5. The lowest BCUT2D eigenvalue weighted by molar-refractivity contribution is 0.397. The Morgan fingerprint density at radius 1 is 1.33 bits per heavy atom. The third-order valence-corrected chi connectivity index (χ3v) is 3.42. The number of halogens is 1. The van der Waals surface area contributed by atoms with E-state index in [9.17, 15) is 0 Å². The lowest BCUT2D eigenvalue weighted by Gasteiger charge is -2.24. The molecule has 0 fully saturated rings. The average molecular weight is 270 g/mol. The second-order valence-corrected chi connectivity index (χ2v) is 6.19. The number of rotatable bonds is 4. The van der Waals surface area contributed by atoms with Crippen molar-refractivity contribution in [1.29, 1.82) is 0 Å². The lowest BCUT2D eigenvalue weighted by atomic mass is 9.84. The van der Waals surface area contributed by atoms with Crippen LogP contribution in [0.4, 0.5) is 0 Å². The maximum absolute atomic E-state index is 6.30. The predicted molar refractivity (Wildman–Crippen MR) is 78.7 cm³/mol. The van der Waals surface area contributed by atoms with Gasteiger partial charge in [0.2, 0.25) is 0 Å². The summed E-state index contributed by atoms with van der Waals surface area (Å²) in [6, 6.07) is 4.31. The molecule has 0 aromatic heterocycles. The minimum atomic E-state index is 0.00129. The van der Waals surface area contributed by atoms with Gasteiger partial charge in [-0.15, -0.1) is 0 Å². The van der Waals surface area contributed by atoms with Gasteiger partial charge in [0.05, 0.1) is 12.1 Å². The Hall–Kier alpha value is -0.730. The molecule has 0 heterocycles. The fraction of sp³-hybridized carbons (Fsp3) is 0.600. The second kappa shape index (κ2) is 5.94. The molecule has 0 radical (unpaired) electrons. The van der Waals surface area contributed by atoms with Crippen molar-refractivity contribution in [3.63, 3.8) is 0 Å². The highest BCUT2D eigenvalue weighted by Crippen LogP contribution is 2.38. The third kappa shape index (κ3) is 3.63. The first kappa shape index (κ1) is 15.3. The van der Waals surface area contributed by atoms with Crippen LogP contribution in [0.15, 0.2) is 12.1 Å². The van der Waals surface area contributed by atoms with Crippen LogP contribution in [0.2, 0.25) is 5.02 Å². The van der Waals surface area contributed by atoms with Gasteiger partial charge < -0.3 is 10.5 Å². The Bertz CT molecular complexity index is 410. The van der Waals surface area contributed by atoms with Crippen LogP contribution < -0.4 is 10.5 Å². The predicted octanol–water partition coefficient (Wildman–Crippen LogP) is 3.93. The van der Waals surface area contributed by atoms with Crippen LogP contribution in [0.1, 0.15) is 45.2 Å². The molecule has 0 aliphatic heterocycles. The van der Waals surface area contributed by atoms with Gasteiger partial charge in [-0.25, -0.2) is 0 Å². The molecule has 0 amide bonds. The first-order valence-electron chi connectivity index (χ1n) is 6.42. The van der Waals surface area contributed by atoms with Crippen molar-refractivity contribution in [2.75, 3.05) is 7.11 Å². The van der Waals surface area contributed by atoms with E-state index in [1.165, 1.54) is 5.56 Å². The molecule has 1 aromatic rings. The SMILES string of the molecule is CCC(N)Cc1cc(Cl)c(OC)c(C(C)(C)C)c1. The summed E-state index contributed by atoms with van der Waals surface area (Å²) < 4.78 is 5.43. The van der Waals surface area contributed by atoms with Crippen molar-refractivity contribution < 1.29 is 4.74 Å². The molecule has 1 unspecified atom stereocenters. The Labute approximate surface area is 115 Å². The van der Waals surface area contributed by atoms with Crippen LogP contribution in [0, 0.1) is 0 Å². The zero-order chi connectivity index (χ0) is 13.9. The zero-order valence-electron chi connectivity index (χ0n) is 12.0. The van der Waals surface area contributed by atoms with Gasteiger partial charge >= 0.3 is 0 Å². The molecular weight excluding hydrogens is 246 g/mol. The molecular formula is C15H24ClNO. The summed E-state index contributed by atoms with van der Waals surface area (Å²) in [5.74, 6) is 0.776. The smallest absolute Gasteiger partial charge is 0.141 e. The van der Waals surface area contributed by atoms with Crippen molar-refractivity contribution in [1.82, 2.24) is 0 Å². The maximum atomic E-state index is 6.30. The third-order valence-electron chi connectivity index (χ3n) is 3.14. The fourth-order valence-corrected chi connectivity index (χ4v) is 2.30. The summed E-state index contributed by atoms with van der Waals surface area (Å²) in [5.41, 5.74) is 8.33. The van der Waals surface area contributed by atoms with Gasteiger partial charge in [0, 0.05) is 11.6 Å². The highest BCUT2D eigenvalue weighted by Gasteiger charge is 2.22. The number of hydrogen-bond donors (Lipinski definition) is 1. The number of ether oxygens (including phenoxy) is 1. The molecule has 0 saturated heterocycles. The fourth-order valence-electron chi connectivity index (χ4n) is 1.98. The van der Waals surface area contributed by atoms with Gasteiger partial charge in [-0.3, -0.25) is 0 Å². The van der Waals surface area contributed by atoms with Gasteiger partial charge in [0.25, 0.3) is 0 Å². The van der Waals surface area contributed by atoms with Gasteiger partial charge in [-0.2, -0.15) is 0 Å². The van der Waals surface area contributed by atoms with Crippen molar-refractivity contribution >= 4 is 11.6 Å².